The summed E-state index contributed by atoms with van der Waals surface area (Å²) in [6.45, 7) is 6.74. The first kappa shape index (κ1) is 16.9. The molecule has 0 amide bonds. The molecule has 6 heteroatoms. The van der Waals surface area contributed by atoms with Crippen LogP contribution in [0.2, 0.25) is 0 Å². The minimum absolute atomic E-state index is 0.0619. The third-order valence-electron chi connectivity index (χ3n) is 3.43. The Hall–Kier alpha value is -1.11. The van der Waals surface area contributed by atoms with Crippen LogP contribution in [0.3, 0.4) is 0 Å². The van der Waals surface area contributed by atoms with E-state index in [0.717, 1.165) is 0 Å². The molecule has 0 spiro atoms. The number of nitrogens with two attached hydrogens (primary N) is 1. The van der Waals surface area contributed by atoms with E-state index in [0.29, 0.717) is 18.9 Å². The van der Waals surface area contributed by atoms with Gasteiger partial charge in [0.25, 0.3) is 0 Å². The second kappa shape index (κ2) is 7.06. The van der Waals surface area contributed by atoms with Crippen molar-refractivity contribution < 1.29 is 13.2 Å². The summed E-state index contributed by atoms with van der Waals surface area (Å²) in [5.74, 6) is 0.871. The maximum Gasteiger partial charge on any atom is 0.243 e. The number of benzene rings is 1. The van der Waals surface area contributed by atoms with Crippen LogP contribution in [-0.2, 0) is 10.0 Å². The Morgan fingerprint density at radius 1 is 1.20 bits per heavy atom. The normalized spacial score (nSPS) is 13.8. The molecule has 0 radical (unpaired) electrons. The molecule has 1 atom stereocenters. The quantitative estimate of drug-likeness (QED) is 0.831. The van der Waals surface area contributed by atoms with Crippen LogP contribution in [-0.4, -0.2) is 39.0 Å². The molecular weight excluding hydrogens is 276 g/mol. The highest BCUT2D eigenvalue weighted by Crippen LogP contribution is 2.22. The predicted octanol–water partition coefficient (Wildman–Crippen LogP) is 1.69. The highest BCUT2D eigenvalue weighted by atomic mass is 32.2. The molecule has 0 saturated carbocycles. The van der Waals surface area contributed by atoms with Crippen molar-refractivity contribution in [1.82, 2.24) is 4.31 Å². The average Bonchev–Trinajstić information content (AvgIpc) is 2.43. The summed E-state index contributed by atoms with van der Waals surface area (Å²) < 4.78 is 31.7. The summed E-state index contributed by atoms with van der Waals surface area (Å²) in [6, 6.07) is 6.36. The van der Waals surface area contributed by atoms with E-state index in [2.05, 4.69) is 0 Å². The summed E-state index contributed by atoms with van der Waals surface area (Å²) in [5.41, 5.74) is 5.35. The monoisotopic (exact) mass is 300 g/mol. The Morgan fingerprint density at radius 3 is 2.20 bits per heavy atom. The van der Waals surface area contributed by atoms with Gasteiger partial charge in [-0.15, -0.1) is 0 Å². The minimum Gasteiger partial charge on any atom is -0.492 e. The van der Waals surface area contributed by atoms with Gasteiger partial charge in [-0.25, -0.2) is 8.42 Å². The molecular formula is C14H24N2O3S. The second-order valence-electron chi connectivity index (χ2n) is 5.11. The Morgan fingerprint density at radius 2 is 1.75 bits per heavy atom. The number of hydrogen-bond acceptors (Lipinski definition) is 4. The molecule has 5 nitrogen and oxygen atoms in total. The lowest BCUT2D eigenvalue weighted by atomic mass is 10.1. The van der Waals surface area contributed by atoms with Crippen molar-refractivity contribution in [2.24, 2.45) is 11.7 Å². The second-order valence-corrected chi connectivity index (χ2v) is 7.11. The zero-order valence-electron chi connectivity index (χ0n) is 12.5. The number of rotatable bonds is 7. The predicted molar refractivity (Wildman–Crippen MR) is 80.2 cm³/mol. The van der Waals surface area contributed by atoms with Crippen molar-refractivity contribution in [2.75, 3.05) is 20.2 Å². The van der Waals surface area contributed by atoms with Crippen LogP contribution in [0.4, 0.5) is 0 Å². The van der Waals surface area contributed by atoms with E-state index in [9.17, 15) is 8.42 Å². The lowest BCUT2D eigenvalue weighted by Crippen LogP contribution is -2.38. The maximum atomic E-state index is 12.5. The van der Waals surface area contributed by atoms with E-state index in [4.69, 9.17) is 10.5 Å². The highest BCUT2D eigenvalue weighted by molar-refractivity contribution is 7.89. The summed E-state index contributed by atoms with van der Waals surface area (Å²) in [4.78, 5) is 0.271. The van der Waals surface area contributed by atoms with Crippen molar-refractivity contribution in [3.8, 4) is 5.75 Å². The van der Waals surface area contributed by atoms with Gasteiger partial charge in [0.2, 0.25) is 10.0 Å². The third-order valence-corrected chi connectivity index (χ3v) is 5.38. The molecule has 0 fully saturated rings. The lowest BCUT2D eigenvalue weighted by molar-refractivity contribution is 0.315. The van der Waals surface area contributed by atoms with Gasteiger partial charge in [-0.05, 0) is 37.1 Å². The van der Waals surface area contributed by atoms with Crippen LogP contribution < -0.4 is 10.5 Å². The standard InChI is InChI=1S/C14H24N2O3S/c1-11(2)12(3)16(4)20(17,18)14-7-5-13(6-8-14)19-10-9-15/h5-8,11-12H,9-10,15H2,1-4H3. The molecule has 2 N–H and O–H groups in total. The Kier molecular flexibility index (Phi) is 5.98. The summed E-state index contributed by atoms with van der Waals surface area (Å²) >= 11 is 0. The van der Waals surface area contributed by atoms with E-state index < -0.39 is 10.0 Å². The number of nitrogens with zero attached hydrogens (tertiary/aromatic N) is 1. The fraction of sp³-hybridized carbons (Fsp3) is 0.571. The van der Waals surface area contributed by atoms with E-state index in [1.807, 2.05) is 20.8 Å². The fourth-order valence-corrected chi connectivity index (χ4v) is 3.18. The van der Waals surface area contributed by atoms with Crippen molar-refractivity contribution in [1.29, 1.82) is 0 Å². The molecule has 0 bridgehead atoms. The molecule has 0 aliphatic carbocycles. The molecule has 0 aliphatic rings. The van der Waals surface area contributed by atoms with Gasteiger partial charge in [-0.3, -0.25) is 0 Å². The SMILES string of the molecule is CC(C)C(C)N(C)S(=O)(=O)c1ccc(OCCN)cc1. The largest absolute Gasteiger partial charge is 0.492 e. The van der Waals surface area contributed by atoms with Crippen LogP contribution >= 0.6 is 0 Å². The first-order valence-corrected chi connectivity index (χ1v) is 8.15. The Bertz CT molecular complexity index is 512. The van der Waals surface area contributed by atoms with Crippen LogP contribution in [0, 0.1) is 5.92 Å². The molecule has 20 heavy (non-hydrogen) atoms. The number of hydrogen-bond donors (Lipinski definition) is 1. The number of ether oxygens (including phenoxy) is 1. The number of sulfonamides is 1. The molecule has 1 unspecified atom stereocenters. The summed E-state index contributed by atoms with van der Waals surface area (Å²) in [6.07, 6.45) is 0. The minimum atomic E-state index is -3.47. The van der Waals surface area contributed by atoms with Crippen molar-refractivity contribution in [3.05, 3.63) is 24.3 Å². The van der Waals surface area contributed by atoms with Gasteiger partial charge in [0, 0.05) is 19.6 Å². The molecule has 0 aliphatic heterocycles. The maximum absolute atomic E-state index is 12.5. The van der Waals surface area contributed by atoms with Crippen LogP contribution in [0.15, 0.2) is 29.2 Å². The van der Waals surface area contributed by atoms with Crippen molar-refractivity contribution in [3.63, 3.8) is 0 Å². The molecule has 1 aromatic carbocycles. The third kappa shape index (κ3) is 3.94. The topological polar surface area (TPSA) is 72.6 Å². The van der Waals surface area contributed by atoms with E-state index in [1.54, 1.807) is 31.3 Å². The van der Waals surface area contributed by atoms with Crippen LogP contribution in [0.5, 0.6) is 5.75 Å². The fourth-order valence-electron chi connectivity index (χ4n) is 1.69. The van der Waals surface area contributed by atoms with Gasteiger partial charge in [0.05, 0.1) is 4.90 Å². The highest BCUT2D eigenvalue weighted by Gasteiger charge is 2.26. The van der Waals surface area contributed by atoms with Gasteiger partial charge < -0.3 is 10.5 Å². The summed E-state index contributed by atoms with van der Waals surface area (Å²) in [5, 5.41) is 0. The van der Waals surface area contributed by atoms with Gasteiger partial charge in [0.15, 0.2) is 0 Å². The molecule has 1 rings (SSSR count). The van der Waals surface area contributed by atoms with E-state index in [1.165, 1.54) is 4.31 Å². The van der Waals surface area contributed by atoms with Crippen molar-refractivity contribution >= 4 is 10.0 Å². The average molecular weight is 300 g/mol. The summed E-state index contributed by atoms with van der Waals surface area (Å²) in [7, 11) is -1.86. The van der Waals surface area contributed by atoms with E-state index in [-0.39, 0.29) is 16.9 Å². The molecule has 0 heterocycles. The molecule has 114 valence electrons. The van der Waals surface area contributed by atoms with Crippen LogP contribution in [0.1, 0.15) is 20.8 Å². The Labute approximate surface area is 121 Å². The molecule has 0 aromatic heterocycles. The first-order valence-electron chi connectivity index (χ1n) is 6.71. The molecule has 0 saturated heterocycles. The van der Waals surface area contributed by atoms with Gasteiger partial charge >= 0.3 is 0 Å². The van der Waals surface area contributed by atoms with Crippen LogP contribution in [0.25, 0.3) is 0 Å². The van der Waals surface area contributed by atoms with Gasteiger partial charge in [-0.1, -0.05) is 13.8 Å². The lowest BCUT2D eigenvalue weighted by Gasteiger charge is -2.27. The van der Waals surface area contributed by atoms with E-state index >= 15 is 0 Å². The van der Waals surface area contributed by atoms with Crippen molar-refractivity contribution in [2.45, 2.75) is 31.7 Å². The zero-order chi connectivity index (χ0) is 15.3. The smallest absolute Gasteiger partial charge is 0.243 e. The first-order chi connectivity index (χ1) is 9.30. The Balaban J connectivity index is 2.93. The van der Waals surface area contributed by atoms with Gasteiger partial charge in [-0.2, -0.15) is 4.31 Å². The zero-order valence-corrected chi connectivity index (χ0v) is 13.4. The van der Waals surface area contributed by atoms with Gasteiger partial charge in [0.1, 0.15) is 12.4 Å². The molecule has 1 aromatic rings.